The fraction of sp³-hybridized carbons (Fsp3) is 0.600. The normalized spacial score (nSPS) is 18.1. The molecular formula is C15H22ClNS. The second-order valence-corrected chi connectivity index (χ2v) is 6.63. The van der Waals surface area contributed by atoms with E-state index in [2.05, 4.69) is 36.1 Å². The number of para-hydroxylation sites is 1. The van der Waals surface area contributed by atoms with Crippen molar-refractivity contribution in [2.45, 2.75) is 55.2 Å². The maximum Gasteiger partial charge on any atom is 0.155 e. The van der Waals surface area contributed by atoms with E-state index in [4.69, 9.17) is 11.6 Å². The smallest absolute Gasteiger partial charge is 0.155 e. The van der Waals surface area contributed by atoms with Crippen molar-refractivity contribution in [2.24, 2.45) is 0 Å². The average Bonchev–Trinajstić information content (AvgIpc) is 2.70. The van der Waals surface area contributed by atoms with E-state index in [0.29, 0.717) is 0 Å². The number of halogens is 1. The first-order chi connectivity index (χ1) is 8.83. The Hall–Kier alpha value is -0.340. The van der Waals surface area contributed by atoms with E-state index in [1.807, 2.05) is 0 Å². The van der Waals surface area contributed by atoms with Crippen molar-refractivity contribution in [3.63, 3.8) is 0 Å². The SMILES string of the molecule is CCCCCCCCN1c2ccccc2SC1Cl. The minimum absolute atomic E-state index is 0.0815. The third-order valence-electron chi connectivity index (χ3n) is 3.40. The topological polar surface area (TPSA) is 3.24 Å². The van der Waals surface area contributed by atoms with Crippen molar-refractivity contribution in [1.29, 1.82) is 0 Å². The first kappa shape index (κ1) is 14.1. The van der Waals surface area contributed by atoms with E-state index < -0.39 is 0 Å². The van der Waals surface area contributed by atoms with Crippen molar-refractivity contribution in [3.05, 3.63) is 24.3 Å². The van der Waals surface area contributed by atoms with Crippen LogP contribution in [0, 0.1) is 0 Å². The van der Waals surface area contributed by atoms with Gasteiger partial charge < -0.3 is 4.90 Å². The molecule has 1 aliphatic rings. The molecule has 100 valence electrons. The molecular weight excluding hydrogens is 262 g/mol. The highest BCUT2D eigenvalue weighted by molar-refractivity contribution is 8.01. The maximum atomic E-state index is 6.39. The lowest BCUT2D eigenvalue weighted by Gasteiger charge is -2.22. The number of fused-ring (bicyclic) bond motifs is 1. The molecule has 0 radical (unpaired) electrons. The summed E-state index contributed by atoms with van der Waals surface area (Å²) in [6, 6.07) is 8.53. The fourth-order valence-electron chi connectivity index (χ4n) is 2.36. The number of benzene rings is 1. The zero-order valence-electron chi connectivity index (χ0n) is 11.1. The number of thioether (sulfide) groups is 1. The van der Waals surface area contributed by atoms with Crippen molar-refractivity contribution < 1.29 is 0 Å². The summed E-state index contributed by atoms with van der Waals surface area (Å²) in [7, 11) is 0. The average molecular weight is 284 g/mol. The summed E-state index contributed by atoms with van der Waals surface area (Å²) in [6.07, 6.45) is 8.02. The maximum absolute atomic E-state index is 6.39. The Morgan fingerprint density at radius 3 is 2.67 bits per heavy atom. The number of unbranched alkanes of at least 4 members (excludes halogenated alkanes) is 5. The molecule has 0 N–H and O–H groups in total. The lowest BCUT2D eigenvalue weighted by atomic mass is 10.1. The summed E-state index contributed by atoms with van der Waals surface area (Å²) in [5, 5.41) is 0. The molecule has 0 spiro atoms. The van der Waals surface area contributed by atoms with Crippen molar-refractivity contribution in [2.75, 3.05) is 11.4 Å². The molecule has 1 aromatic rings. The van der Waals surface area contributed by atoms with Crippen molar-refractivity contribution in [1.82, 2.24) is 0 Å². The van der Waals surface area contributed by atoms with Gasteiger partial charge in [-0.2, -0.15) is 0 Å². The molecule has 1 aliphatic heterocycles. The number of anilines is 1. The predicted octanol–water partition coefficient (Wildman–Crippen LogP) is 5.48. The van der Waals surface area contributed by atoms with E-state index in [9.17, 15) is 0 Å². The highest BCUT2D eigenvalue weighted by Crippen LogP contribution is 2.44. The minimum Gasteiger partial charge on any atom is -0.346 e. The minimum atomic E-state index is 0.0815. The fourth-order valence-corrected chi connectivity index (χ4v) is 3.87. The van der Waals surface area contributed by atoms with Gasteiger partial charge >= 0.3 is 0 Å². The Kier molecular flexibility index (Phi) is 5.71. The molecule has 0 fully saturated rings. The van der Waals surface area contributed by atoms with Gasteiger partial charge in [-0.05, 0) is 18.6 Å². The third-order valence-corrected chi connectivity index (χ3v) is 4.95. The van der Waals surface area contributed by atoms with Gasteiger partial charge in [0.15, 0.2) is 4.83 Å². The first-order valence-corrected chi connectivity index (χ1v) is 8.31. The molecule has 0 saturated heterocycles. The molecule has 0 amide bonds. The molecule has 1 heterocycles. The van der Waals surface area contributed by atoms with Gasteiger partial charge in [-0.25, -0.2) is 0 Å². The van der Waals surface area contributed by atoms with E-state index in [-0.39, 0.29) is 4.83 Å². The van der Waals surface area contributed by atoms with Gasteiger partial charge in [0, 0.05) is 11.4 Å². The summed E-state index contributed by atoms with van der Waals surface area (Å²) in [4.78, 5) is 3.74. The van der Waals surface area contributed by atoms with E-state index >= 15 is 0 Å². The largest absolute Gasteiger partial charge is 0.346 e. The summed E-state index contributed by atoms with van der Waals surface area (Å²) < 4.78 is 0. The number of nitrogens with zero attached hydrogens (tertiary/aromatic N) is 1. The van der Waals surface area contributed by atoms with Crippen LogP contribution in [0.5, 0.6) is 0 Å². The van der Waals surface area contributed by atoms with Gasteiger partial charge in [0.25, 0.3) is 0 Å². The molecule has 1 aromatic carbocycles. The zero-order valence-corrected chi connectivity index (χ0v) is 12.6. The Bertz CT molecular complexity index is 369. The summed E-state index contributed by atoms with van der Waals surface area (Å²) in [5.41, 5.74) is 1.32. The van der Waals surface area contributed by atoms with Crippen LogP contribution in [0.15, 0.2) is 29.2 Å². The van der Waals surface area contributed by atoms with Crippen LogP contribution in [-0.2, 0) is 0 Å². The number of hydrogen-bond acceptors (Lipinski definition) is 2. The van der Waals surface area contributed by atoms with Gasteiger partial charge in [0.05, 0.1) is 5.69 Å². The Labute approximate surface area is 120 Å². The van der Waals surface area contributed by atoms with Crippen LogP contribution in [0.2, 0.25) is 0 Å². The highest BCUT2D eigenvalue weighted by atomic mass is 35.5. The van der Waals surface area contributed by atoms with Crippen LogP contribution in [0.4, 0.5) is 5.69 Å². The van der Waals surface area contributed by atoms with Gasteiger partial charge in [0.2, 0.25) is 0 Å². The third kappa shape index (κ3) is 3.58. The standard InChI is InChI=1S/C15H22ClNS/c1-2-3-4-5-6-9-12-17-13-10-7-8-11-14(13)18-15(17)16/h7-8,10-11,15H,2-6,9,12H2,1H3. The van der Waals surface area contributed by atoms with Crippen LogP contribution in [0.3, 0.4) is 0 Å². The van der Waals surface area contributed by atoms with Crippen LogP contribution in [-0.4, -0.2) is 11.4 Å². The van der Waals surface area contributed by atoms with E-state index in [0.717, 1.165) is 6.54 Å². The lowest BCUT2D eigenvalue weighted by Crippen LogP contribution is -2.26. The summed E-state index contributed by atoms with van der Waals surface area (Å²) in [6.45, 7) is 3.35. The molecule has 0 saturated carbocycles. The van der Waals surface area contributed by atoms with Crippen LogP contribution in [0.25, 0.3) is 0 Å². The van der Waals surface area contributed by atoms with E-state index in [1.54, 1.807) is 11.8 Å². The van der Waals surface area contributed by atoms with Crippen LogP contribution in [0.1, 0.15) is 45.4 Å². The molecule has 0 aromatic heterocycles. The summed E-state index contributed by atoms with van der Waals surface area (Å²) in [5.74, 6) is 0. The Balaban J connectivity index is 1.76. The number of rotatable bonds is 7. The first-order valence-electron chi connectivity index (χ1n) is 6.99. The molecule has 0 bridgehead atoms. The zero-order chi connectivity index (χ0) is 12.8. The van der Waals surface area contributed by atoms with E-state index in [1.165, 1.54) is 49.1 Å². The second kappa shape index (κ2) is 7.30. The highest BCUT2D eigenvalue weighted by Gasteiger charge is 2.27. The number of hydrogen-bond donors (Lipinski definition) is 0. The molecule has 1 unspecified atom stereocenters. The van der Waals surface area contributed by atoms with Gasteiger partial charge in [-0.1, -0.05) is 74.5 Å². The van der Waals surface area contributed by atoms with Gasteiger partial charge in [-0.15, -0.1) is 0 Å². The Morgan fingerprint density at radius 1 is 1.11 bits per heavy atom. The molecule has 1 nitrogen and oxygen atoms in total. The Morgan fingerprint density at radius 2 is 1.83 bits per heavy atom. The van der Waals surface area contributed by atoms with Crippen molar-refractivity contribution >= 4 is 29.1 Å². The lowest BCUT2D eigenvalue weighted by molar-refractivity contribution is 0.603. The van der Waals surface area contributed by atoms with Crippen LogP contribution < -0.4 is 4.90 Å². The van der Waals surface area contributed by atoms with Crippen LogP contribution >= 0.6 is 23.4 Å². The van der Waals surface area contributed by atoms with Crippen molar-refractivity contribution in [3.8, 4) is 0 Å². The molecule has 3 heteroatoms. The quantitative estimate of drug-likeness (QED) is 0.370. The number of alkyl halides is 1. The predicted molar refractivity (Wildman–Crippen MR) is 82.7 cm³/mol. The molecule has 18 heavy (non-hydrogen) atoms. The second-order valence-electron chi connectivity index (χ2n) is 4.84. The monoisotopic (exact) mass is 283 g/mol. The summed E-state index contributed by atoms with van der Waals surface area (Å²) >= 11 is 8.16. The van der Waals surface area contributed by atoms with Gasteiger partial charge in [0.1, 0.15) is 0 Å². The molecule has 2 rings (SSSR count). The van der Waals surface area contributed by atoms with Gasteiger partial charge in [-0.3, -0.25) is 0 Å². The molecule has 1 atom stereocenters. The molecule has 0 aliphatic carbocycles.